The number of hydrogen-bond acceptors (Lipinski definition) is 6. The SMILES string of the molecule is COc1ccc(NC(=O)COC(=O)c2cc(Cl)ccn2)c(OC)c1. The highest BCUT2D eigenvalue weighted by atomic mass is 35.5. The summed E-state index contributed by atoms with van der Waals surface area (Å²) in [5.74, 6) is -0.253. The number of halogens is 1. The first-order valence-corrected chi connectivity index (χ1v) is 7.22. The molecule has 126 valence electrons. The Morgan fingerprint density at radius 2 is 1.96 bits per heavy atom. The molecule has 1 aromatic heterocycles. The quantitative estimate of drug-likeness (QED) is 0.806. The number of benzene rings is 1. The lowest BCUT2D eigenvalue weighted by Gasteiger charge is -2.11. The lowest BCUT2D eigenvalue weighted by Crippen LogP contribution is -2.21. The lowest BCUT2D eigenvalue weighted by molar-refractivity contribution is -0.119. The van der Waals surface area contributed by atoms with Gasteiger partial charge in [-0.3, -0.25) is 4.79 Å². The molecule has 0 atom stereocenters. The summed E-state index contributed by atoms with van der Waals surface area (Å²) in [6, 6.07) is 7.79. The smallest absolute Gasteiger partial charge is 0.357 e. The predicted molar refractivity (Wildman–Crippen MR) is 87.7 cm³/mol. The maximum Gasteiger partial charge on any atom is 0.357 e. The first-order valence-electron chi connectivity index (χ1n) is 6.84. The van der Waals surface area contributed by atoms with Gasteiger partial charge in [0.15, 0.2) is 6.61 Å². The van der Waals surface area contributed by atoms with Crippen molar-refractivity contribution in [3.8, 4) is 11.5 Å². The number of carbonyl (C=O) groups excluding carboxylic acids is 2. The Balaban J connectivity index is 1.95. The number of pyridine rings is 1. The van der Waals surface area contributed by atoms with Crippen molar-refractivity contribution in [2.24, 2.45) is 0 Å². The Labute approximate surface area is 143 Å². The largest absolute Gasteiger partial charge is 0.497 e. The van der Waals surface area contributed by atoms with Crippen LogP contribution >= 0.6 is 11.6 Å². The van der Waals surface area contributed by atoms with Crippen molar-refractivity contribution in [2.75, 3.05) is 26.1 Å². The topological polar surface area (TPSA) is 86.8 Å². The van der Waals surface area contributed by atoms with Gasteiger partial charge in [-0.05, 0) is 24.3 Å². The molecule has 0 saturated heterocycles. The number of hydrogen-bond donors (Lipinski definition) is 1. The van der Waals surface area contributed by atoms with Gasteiger partial charge >= 0.3 is 5.97 Å². The van der Waals surface area contributed by atoms with Crippen LogP contribution in [0.15, 0.2) is 36.5 Å². The molecule has 24 heavy (non-hydrogen) atoms. The van der Waals surface area contributed by atoms with Gasteiger partial charge in [-0.25, -0.2) is 9.78 Å². The van der Waals surface area contributed by atoms with Crippen LogP contribution in [0.25, 0.3) is 0 Å². The molecular formula is C16H15ClN2O5. The molecule has 0 radical (unpaired) electrons. The summed E-state index contributed by atoms with van der Waals surface area (Å²) >= 11 is 5.77. The number of esters is 1. The summed E-state index contributed by atoms with van der Waals surface area (Å²) in [7, 11) is 2.99. The predicted octanol–water partition coefficient (Wildman–Crippen LogP) is 2.55. The van der Waals surface area contributed by atoms with Gasteiger partial charge < -0.3 is 19.5 Å². The normalized spacial score (nSPS) is 9.96. The zero-order valence-electron chi connectivity index (χ0n) is 13.0. The van der Waals surface area contributed by atoms with E-state index in [1.165, 1.54) is 32.5 Å². The van der Waals surface area contributed by atoms with Gasteiger partial charge in [0.2, 0.25) is 0 Å². The Bertz CT molecular complexity index is 751. The number of carbonyl (C=O) groups is 2. The molecule has 0 saturated carbocycles. The minimum absolute atomic E-state index is 0.0253. The molecule has 1 heterocycles. The van der Waals surface area contributed by atoms with Crippen molar-refractivity contribution in [3.63, 3.8) is 0 Å². The molecule has 0 fully saturated rings. The van der Waals surface area contributed by atoms with Crippen LogP contribution in [0.4, 0.5) is 5.69 Å². The van der Waals surface area contributed by atoms with Crippen molar-refractivity contribution in [1.82, 2.24) is 4.98 Å². The monoisotopic (exact) mass is 350 g/mol. The first kappa shape index (κ1) is 17.6. The van der Waals surface area contributed by atoms with Crippen molar-refractivity contribution in [1.29, 1.82) is 0 Å². The third kappa shape index (κ3) is 4.60. The average Bonchev–Trinajstić information content (AvgIpc) is 2.60. The highest BCUT2D eigenvalue weighted by Gasteiger charge is 2.14. The van der Waals surface area contributed by atoms with Crippen molar-refractivity contribution in [3.05, 3.63) is 47.2 Å². The number of aromatic nitrogens is 1. The Morgan fingerprint density at radius 3 is 2.62 bits per heavy atom. The zero-order valence-corrected chi connectivity index (χ0v) is 13.8. The van der Waals surface area contributed by atoms with Crippen molar-refractivity contribution >= 4 is 29.2 Å². The van der Waals surface area contributed by atoms with Crippen LogP contribution in [0.3, 0.4) is 0 Å². The van der Waals surface area contributed by atoms with Crippen molar-refractivity contribution in [2.45, 2.75) is 0 Å². The molecule has 0 unspecified atom stereocenters. The van der Waals surface area contributed by atoms with E-state index < -0.39 is 18.5 Å². The molecule has 0 spiro atoms. The van der Waals surface area contributed by atoms with E-state index in [1.807, 2.05) is 0 Å². The minimum Gasteiger partial charge on any atom is -0.497 e. The van der Waals surface area contributed by atoms with Gasteiger partial charge in [0, 0.05) is 17.3 Å². The van der Waals surface area contributed by atoms with Crippen LogP contribution in [0.2, 0.25) is 5.02 Å². The summed E-state index contributed by atoms with van der Waals surface area (Å²) < 4.78 is 15.1. The molecule has 7 nitrogen and oxygen atoms in total. The lowest BCUT2D eigenvalue weighted by atomic mass is 10.2. The fourth-order valence-electron chi connectivity index (χ4n) is 1.81. The maximum atomic E-state index is 11.9. The van der Waals surface area contributed by atoms with Crippen LogP contribution < -0.4 is 14.8 Å². The van der Waals surface area contributed by atoms with Gasteiger partial charge in [-0.2, -0.15) is 0 Å². The third-order valence-electron chi connectivity index (χ3n) is 2.95. The number of nitrogens with zero attached hydrogens (tertiary/aromatic N) is 1. The highest BCUT2D eigenvalue weighted by Crippen LogP contribution is 2.28. The zero-order chi connectivity index (χ0) is 17.5. The first-order chi connectivity index (χ1) is 11.5. The minimum atomic E-state index is -0.741. The molecule has 1 N–H and O–H groups in total. The number of methoxy groups -OCH3 is 2. The van der Waals surface area contributed by atoms with Crippen LogP contribution in [0.1, 0.15) is 10.5 Å². The number of nitrogens with one attached hydrogen (secondary N) is 1. The molecule has 0 aliphatic carbocycles. The van der Waals surface area contributed by atoms with E-state index in [2.05, 4.69) is 10.3 Å². The highest BCUT2D eigenvalue weighted by molar-refractivity contribution is 6.30. The second-order valence-corrected chi connectivity index (χ2v) is 4.99. The van der Waals surface area contributed by atoms with E-state index in [0.29, 0.717) is 22.2 Å². The summed E-state index contributed by atoms with van der Waals surface area (Å²) in [5, 5.41) is 2.94. The number of amides is 1. The molecule has 2 rings (SSSR count). The standard InChI is InChI=1S/C16H15ClN2O5/c1-22-11-3-4-12(14(8-11)23-2)19-15(20)9-24-16(21)13-7-10(17)5-6-18-13/h3-8H,9H2,1-2H3,(H,19,20). The second-order valence-electron chi connectivity index (χ2n) is 4.55. The van der Waals surface area contributed by atoms with Gasteiger partial charge in [0.1, 0.15) is 17.2 Å². The van der Waals surface area contributed by atoms with E-state index in [1.54, 1.807) is 18.2 Å². The summed E-state index contributed by atoms with van der Waals surface area (Å²) in [4.78, 5) is 27.5. The van der Waals surface area contributed by atoms with Gasteiger partial charge in [0.25, 0.3) is 5.91 Å². The molecule has 8 heteroatoms. The van der Waals surface area contributed by atoms with Gasteiger partial charge in [-0.15, -0.1) is 0 Å². The number of ether oxygens (including phenoxy) is 3. The van der Waals surface area contributed by atoms with E-state index in [0.717, 1.165) is 0 Å². The van der Waals surface area contributed by atoms with E-state index in [9.17, 15) is 9.59 Å². The summed E-state index contributed by atoms with van der Waals surface area (Å²) in [6.07, 6.45) is 1.38. The average molecular weight is 351 g/mol. The third-order valence-corrected chi connectivity index (χ3v) is 3.18. The van der Waals surface area contributed by atoms with E-state index >= 15 is 0 Å². The van der Waals surface area contributed by atoms with Crippen LogP contribution in [-0.4, -0.2) is 37.7 Å². The summed E-state index contributed by atoms with van der Waals surface area (Å²) in [5.41, 5.74) is 0.456. The van der Waals surface area contributed by atoms with Gasteiger partial charge in [-0.1, -0.05) is 11.6 Å². The van der Waals surface area contributed by atoms with E-state index in [4.69, 9.17) is 25.8 Å². The van der Waals surface area contributed by atoms with Crippen LogP contribution in [-0.2, 0) is 9.53 Å². The Hall–Kier alpha value is -2.80. The number of anilines is 1. The number of rotatable bonds is 6. The molecule has 2 aromatic rings. The Morgan fingerprint density at radius 1 is 1.17 bits per heavy atom. The van der Waals surface area contributed by atoms with E-state index in [-0.39, 0.29) is 5.69 Å². The Kier molecular flexibility index (Phi) is 5.97. The maximum absolute atomic E-state index is 11.9. The molecule has 1 amide bonds. The molecular weight excluding hydrogens is 336 g/mol. The second kappa shape index (κ2) is 8.16. The van der Waals surface area contributed by atoms with Crippen LogP contribution in [0, 0.1) is 0 Å². The fraction of sp³-hybridized carbons (Fsp3) is 0.188. The fourth-order valence-corrected chi connectivity index (χ4v) is 1.97. The molecule has 0 aliphatic rings. The summed E-state index contributed by atoms with van der Waals surface area (Å²) in [6.45, 7) is -0.470. The van der Waals surface area contributed by atoms with Crippen molar-refractivity contribution < 1.29 is 23.8 Å². The molecule has 0 bridgehead atoms. The van der Waals surface area contributed by atoms with Crippen LogP contribution in [0.5, 0.6) is 11.5 Å². The molecule has 1 aromatic carbocycles. The van der Waals surface area contributed by atoms with Gasteiger partial charge in [0.05, 0.1) is 19.9 Å². The molecule has 0 aliphatic heterocycles.